The fourth-order valence-corrected chi connectivity index (χ4v) is 2.40. The summed E-state index contributed by atoms with van der Waals surface area (Å²) in [6.45, 7) is 8.41. The molecule has 0 bridgehead atoms. The highest BCUT2D eigenvalue weighted by Gasteiger charge is 2.23. The average Bonchev–Trinajstić information content (AvgIpc) is 2.27. The summed E-state index contributed by atoms with van der Waals surface area (Å²) >= 11 is 0. The number of ether oxygens (including phenoxy) is 1. The number of fused-ring (bicyclic) bond motifs is 1. The van der Waals surface area contributed by atoms with Gasteiger partial charge in [0, 0.05) is 17.0 Å². The molecule has 2 rings (SSSR count). The zero-order chi connectivity index (χ0) is 13.5. The second kappa shape index (κ2) is 4.16. The fourth-order valence-electron chi connectivity index (χ4n) is 2.40. The number of aromatic nitrogens is 1. The lowest BCUT2D eigenvalue weighted by atomic mass is 9.83. The number of H-pyrrole nitrogens is 1. The van der Waals surface area contributed by atoms with Crippen molar-refractivity contribution < 1.29 is 4.74 Å². The molecule has 0 radical (unpaired) electrons. The zero-order valence-electron chi connectivity index (χ0n) is 11.5. The number of aromatic amines is 1. The second-order valence-corrected chi connectivity index (χ2v) is 5.63. The van der Waals surface area contributed by atoms with Crippen LogP contribution in [-0.2, 0) is 5.41 Å². The minimum Gasteiger partial charge on any atom is -0.496 e. The SMILES string of the molecule is COc1cc(C)c2[nH]c(=O)ccc2c1C(C)(C)C. The number of aryl methyl sites for hydroxylation is 1. The first kappa shape index (κ1) is 12.7. The van der Waals surface area contributed by atoms with E-state index in [0.717, 1.165) is 27.8 Å². The van der Waals surface area contributed by atoms with Crippen molar-refractivity contribution in [3.8, 4) is 5.75 Å². The van der Waals surface area contributed by atoms with Gasteiger partial charge < -0.3 is 9.72 Å². The number of hydrogen-bond acceptors (Lipinski definition) is 2. The van der Waals surface area contributed by atoms with Gasteiger partial charge in [-0.05, 0) is 30.0 Å². The first-order valence-corrected chi connectivity index (χ1v) is 6.05. The Morgan fingerprint density at radius 3 is 2.44 bits per heavy atom. The van der Waals surface area contributed by atoms with Gasteiger partial charge in [-0.3, -0.25) is 4.79 Å². The van der Waals surface area contributed by atoms with E-state index in [0.29, 0.717) is 0 Å². The van der Waals surface area contributed by atoms with E-state index < -0.39 is 0 Å². The number of nitrogens with one attached hydrogen (secondary N) is 1. The Morgan fingerprint density at radius 1 is 1.22 bits per heavy atom. The molecule has 0 fully saturated rings. The van der Waals surface area contributed by atoms with E-state index >= 15 is 0 Å². The van der Waals surface area contributed by atoms with Crippen molar-refractivity contribution in [2.24, 2.45) is 0 Å². The van der Waals surface area contributed by atoms with Crippen LogP contribution in [0.1, 0.15) is 31.9 Å². The van der Waals surface area contributed by atoms with Crippen molar-refractivity contribution in [2.75, 3.05) is 7.11 Å². The number of methoxy groups -OCH3 is 1. The molecule has 0 atom stereocenters. The minimum atomic E-state index is -0.0735. The standard InChI is InChI=1S/C15H19NO2/c1-9-8-11(18-5)13(15(2,3)4)10-6-7-12(17)16-14(9)10/h6-8H,1-5H3,(H,16,17). The molecule has 0 saturated heterocycles. The Hall–Kier alpha value is -1.77. The first-order chi connectivity index (χ1) is 8.34. The van der Waals surface area contributed by atoms with Crippen molar-refractivity contribution in [2.45, 2.75) is 33.1 Å². The molecule has 96 valence electrons. The molecular weight excluding hydrogens is 226 g/mol. The summed E-state index contributed by atoms with van der Waals surface area (Å²) in [5, 5.41) is 1.05. The Labute approximate surface area is 107 Å². The summed E-state index contributed by atoms with van der Waals surface area (Å²) in [6.07, 6.45) is 0. The number of rotatable bonds is 1. The zero-order valence-corrected chi connectivity index (χ0v) is 11.5. The van der Waals surface area contributed by atoms with Crippen LogP contribution >= 0.6 is 0 Å². The molecule has 0 aliphatic rings. The number of hydrogen-bond donors (Lipinski definition) is 1. The van der Waals surface area contributed by atoms with Crippen molar-refractivity contribution in [3.05, 3.63) is 39.7 Å². The molecule has 1 aromatic heterocycles. The minimum absolute atomic E-state index is 0.0461. The van der Waals surface area contributed by atoms with E-state index in [-0.39, 0.29) is 11.0 Å². The summed E-state index contributed by atoms with van der Waals surface area (Å²) in [5.41, 5.74) is 2.92. The lowest BCUT2D eigenvalue weighted by Gasteiger charge is -2.24. The molecule has 0 spiro atoms. The van der Waals surface area contributed by atoms with Crippen LogP contribution < -0.4 is 10.3 Å². The Bertz CT molecular complexity index is 648. The van der Waals surface area contributed by atoms with Crippen LogP contribution in [0.3, 0.4) is 0 Å². The molecule has 0 aliphatic heterocycles. The van der Waals surface area contributed by atoms with Crippen molar-refractivity contribution in [3.63, 3.8) is 0 Å². The van der Waals surface area contributed by atoms with Gasteiger partial charge in [-0.1, -0.05) is 20.8 Å². The Kier molecular flexibility index (Phi) is 2.93. The third-order valence-electron chi connectivity index (χ3n) is 3.15. The third-order valence-corrected chi connectivity index (χ3v) is 3.15. The molecule has 1 N–H and O–H groups in total. The predicted molar refractivity (Wildman–Crippen MR) is 74.6 cm³/mol. The van der Waals surface area contributed by atoms with Gasteiger partial charge in [-0.25, -0.2) is 0 Å². The third kappa shape index (κ3) is 2.01. The van der Waals surface area contributed by atoms with Crippen molar-refractivity contribution in [1.82, 2.24) is 4.98 Å². The van der Waals surface area contributed by atoms with Gasteiger partial charge >= 0.3 is 0 Å². The molecule has 3 heteroatoms. The topological polar surface area (TPSA) is 42.1 Å². The first-order valence-electron chi connectivity index (χ1n) is 6.05. The van der Waals surface area contributed by atoms with E-state index in [1.54, 1.807) is 13.2 Å². The normalized spacial score (nSPS) is 11.8. The van der Waals surface area contributed by atoms with Crippen molar-refractivity contribution >= 4 is 10.9 Å². The second-order valence-electron chi connectivity index (χ2n) is 5.63. The lowest BCUT2D eigenvalue weighted by molar-refractivity contribution is 0.399. The summed E-state index contributed by atoms with van der Waals surface area (Å²) < 4.78 is 5.50. The average molecular weight is 245 g/mol. The largest absolute Gasteiger partial charge is 0.496 e. The van der Waals surface area contributed by atoms with Crippen LogP contribution in [0.25, 0.3) is 10.9 Å². The Balaban J connectivity index is 2.97. The highest BCUT2D eigenvalue weighted by atomic mass is 16.5. The predicted octanol–water partition coefficient (Wildman–Crippen LogP) is 3.14. The van der Waals surface area contributed by atoms with Crippen LogP contribution in [0.2, 0.25) is 0 Å². The highest BCUT2D eigenvalue weighted by Crippen LogP contribution is 2.37. The molecule has 1 heterocycles. The van der Waals surface area contributed by atoms with Gasteiger partial charge in [0.2, 0.25) is 5.56 Å². The molecule has 0 amide bonds. The molecule has 18 heavy (non-hydrogen) atoms. The summed E-state index contributed by atoms with van der Waals surface area (Å²) in [5.74, 6) is 0.875. The molecule has 1 aromatic carbocycles. The lowest BCUT2D eigenvalue weighted by Crippen LogP contribution is -2.15. The molecule has 2 aromatic rings. The van der Waals surface area contributed by atoms with Crippen LogP contribution in [-0.4, -0.2) is 12.1 Å². The molecule has 0 aliphatic carbocycles. The van der Waals surface area contributed by atoms with Crippen LogP contribution in [0, 0.1) is 6.92 Å². The van der Waals surface area contributed by atoms with Crippen LogP contribution in [0.5, 0.6) is 5.75 Å². The van der Waals surface area contributed by atoms with Crippen LogP contribution in [0.15, 0.2) is 23.0 Å². The molecule has 0 unspecified atom stereocenters. The maximum atomic E-state index is 11.5. The van der Waals surface area contributed by atoms with Gasteiger partial charge in [-0.2, -0.15) is 0 Å². The summed E-state index contributed by atoms with van der Waals surface area (Å²) in [7, 11) is 1.68. The maximum Gasteiger partial charge on any atom is 0.248 e. The molecular formula is C15H19NO2. The number of pyridine rings is 1. The Morgan fingerprint density at radius 2 is 1.89 bits per heavy atom. The highest BCUT2D eigenvalue weighted by molar-refractivity contribution is 5.88. The monoisotopic (exact) mass is 245 g/mol. The van der Waals surface area contributed by atoms with E-state index in [1.807, 2.05) is 19.1 Å². The van der Waals surface area contributed by atoms with Gasteiger partial charge in [0.1, 0.15) is 5.75 Å². The van der Waals surface area contributed by atoms with Gasteiger partial charge in [0.25, 0.3) is 0 Å². The summed E-state index contributed by atoms with van der Waals surface area (Å²) in [6, 6.07) is 5.43. The van der Waals surface area contributed by atoms with E-state index in [2.05, 4.69) is 25.8 Å². The van der Waals surface area contributed by atoms with Gasteiger partial charge in [0.05, 0.1) is 12.6 Å². The van der Waals surface area contributed by atoms with Crippen LogP contribution in [0.4, 0.5) is 0 Å². The van der Waals surface area contributed by atoms with Gasteiger partial charge in [0.15, 0.2) is 0 Å². The quantitative estimate of drug-likeness (QED) is 0.838. The maximum absolute atomic E-state index is 11.5. The van der Waals surface area contributed by atoms with Crippen molar-refractivity contribution in [1.29, 1.82) is 0 Å². The number of benzene rings is 1. The fraction of sp³-hybridized carbons (Fsp3) is 0.400. The van der Waals surface area contributed by atoms with Gasteiger partial charge in [-0.15, -0.1) is 0 Å². The summed E-state index contributed by atoms with van der Waals surface area (Å²) in [4.78, 5) is 14.4. The molecule has 0 saturated carbocycles. The van der Waals surface area contributed by atoms with E-state index in [4.69, 9.17) is 4.74 Å². The van der Waals surface area contributed by atoms with E-state index in [9.17, 15) is 4.79 Å². The smallest absolute Gasteiger partial charge is 0.248 e. The molecule has 3 nitrogen and oxygen atoms in total. The van der Waals surface area contributed by atoms with E-state index in [1.165, 1.54) is 0 Å².